The van der Waals surface area contributed by atoms with Gasteiger partial charge in [0.2, 0.25) is 0 Å². The Kier molecular flexibility index (Phi) is 5.43. The molecule has 4 nitrogen and oxygen atoms in total. The van der Waals surface area contributed by atoms with Crippen molar-refractivity contribution in [3.63, 3.8) is 0 Å². The van der Waals surface area contributed by atoms with Gasteiger partial charge in [0.15, 0.2) is 5.76 Å². The van der Waals surface area contributed by atoms with E-state index in [4.69, 9.17) is 4.52 Å². The maximum absolute atomic E-state index is 12.9. The third-order valence-electron chi connectivity index (χ3n) is 4.44. The summed E-state index contributed by atoms with van der Waals surface area (Å²) in [5.41, 5.74) is 2.90. The Morgan fingerprint density at radius 1 is 1.33 bits per heavy atom. The molecule has 1 atom stereocenters. The molecule has 1 N–H and O–H groups in total. The van der Waals surface area contributed by atoms with E-state index in [0.717, 1.165) is 49.5 Å². The number of nitrogens with zero attached hydrogens (tertiary/aromatic N) is 2. The molecule has 2 heterocycles. The molecular weight excluding hydrogens is 307 g/mol. The number of hydrogen-bond donors (Lipinski definition) is 1. The minimum absolute atomic E-state index is 0.274. The zero-order valence-electron chi connectivity index (χ0n) is 13.9. The molecule has 1 aliphatic heterocycles. The highest BCUT2D eigenvalue weighted by Gasteiger charge is 2.16. The second kappa shape index (κ2) is 7.73. The maximum atomic E-state index is 12.9. The summed E-state index contributed by atoms with van der Waals surface area (Å²) in [4.78, 5) is 2.37. The van der Waals surface area contributed by atoms with Gasteiger partial charge in [0.25, 0.3) is 0 Å². The summed E-state index contributed by atoms with van der Waals surface area (Å²) in [6.45, 7) is 4.74. The lowest BCUT2D eigenvalue weighted by molar-refractivity contribution is 0.156. The molecule has 3 rings (SSSR count). The first-order chi connectivity index (χ1) is 11.6. The predicted octanol–water partition coefficient (Wildman–Crippen LogP) is 3.73. The van der Waals surface area contributed by atoms with Crippen LogP contribution in [0.1, 0.15) is 42.4 Å². The summed E-state index contributed by atoms with van der Waals surface area (Å²) >= 11 is 0. The molecular formula is C19H23FN2O2. The summed E-state index contributed by atoms with van der Waals surface area (Å²) in [6, 6.07) is 8.05. The Morgan fingerprint density at radius 3 is 2.75 bits per heavy atom. The molecule has 2 aromatic rings. The highest BCUT2D eigenvalue weighted by Crippen LogP contribution is 2.24. The zero-order valence-corrected chi connectivity index (χ0v) is 13.9. The second-order valence-electron chi connectivity index (χ2n) is 6.32. The van der Waals surface area contributed by atoms with E-state index in [1.165, 1.54) is 17.7 Å². The summed E-state index contributed by atoms with van der Waals surface area (Å²) in [5.74, 6) is 0.600. The van der Waals surface area contributed by atoms with Crippen molar-refractivity contribution in [1.29, 1.82) is 0 Å². The number of aliphatic hydroxyl groups excluding tert-OH is 1. The number of aliphatic hydroxyl groups is 1. The van der Waals surface area contributed by atoms with Gasteiger partial charge in [0.05, 0.1) is 11.8 Å². The highest BCUT2D eigenvalue weighted by atomic mass is 19.1. The molecule has 1 aromatic carbocycles. The van der Waals surface area contributed by atoms with Crippen LogP contribution in [0.25, 0.3) is 5.57 Å². The molecule has 0 saturated heterocycles. The first-order valence-electron chi connectivity index (χ1n) is 8.40. The van der Waals surface area contributed by atoms with E-state index in [-0.39, 0.29) is 5.82 Å². The lowest BCUT2D eigenvalue weighted by atomic mass is 10.0. The predicted molar refractivity (Wildman–Crippen MR) is 90.9 cm³/mol. The normalized spacial score (nSPS) is 16.9. The average molecular weight is 330 g/mol. The van der Waals surface area contributed by atoms with Crippen LogP contribution in [-0.2, 0) is 0 Å². The standard InChI is InChI=1S/C19H23FN2O2/c1-14-13-19(24-21-14)16-8-11-22(12-9-16)10-2-3-18(23)15-4-6-17(20)7-5-15/h4-8,13,18,23H,2-3,9-12H2,1H3. The topological polar surface area (TPSA) is 49.5 Å². The van der Waals surface area contributed by atoms with Crippen LogP contribution in [0.4, 0.5) is 4.39 Å². The summed E-state index contributed by atoms with van der Waals surface area (Å²) in [7, 11) is 0. The first kappa shape index (κ1) is 16.9. The smallest absolute Gasteiger partial charge is 0.162 e. The van der Waals surface area contributed by atoms with Crippen LogP contribution in [0.5, 0.6) is 0 Å². The SMILES string of the molecule is Cc1cc(C2=CCN(CCCC(O)c3ccc(F)cc3)CC2)on1. The fourth-order valence-electron chi connectivity index (χ4n) is 3.01. The van der Waals surface area contributed by atoms with E-state index in [1.54, 1.807) is 12.1 Å². The summed E-state index contributed by atoms with van der Waals surface area (Å²) in [5, 5.41) is 14.1. The van der Waals surface area contributed by atoms with Crippen LogP contribution in [0, 0.1) is 12.7 Å². The lowest BCUT2D eigenvalue weighted by Gasteiger charge is -2.25. The number of hydrogen-bond acceptors (Lipinski definition) is 4. The number of halogens is 1. The van der Waals surface area contributed by atoms with Gasteiger partial charge in [-0.15, -0.1) is 0 Å². The molecule has 0 amide bonds. The molecule has 1 aliphatic rings. The Morgan fingerprint density at radius 2 is 2.12 bits per heavy atom. The van der Waals surface area contributed by atoms with E-state index in [1.807, 2.05) is 13.0 Å². The van der Waals surface area contributed by atoms with Gasteiger partial charge >= 0.3 is 0 Å². The van der Waals surface area contributed by atoms with Gasteiger partial charge in [-0.25, -0.2) is 4.39 Å². The second-order valence-corrected chi connectivity index (χ2v) is 6.32. The summed E-state index contributed by atoms with van der Waals surface area (Å²) in [6.07, 6.45) is 4.21. The Bertz CT molecular complexity index is 694. The Hall–Kier alpha value is -1.98. The Balaban J connectivity index is 1.43. The van der Waals surface area contributed by atoms with E-state index < -0.39 is 6.10 Å². The van der Waals surface area contributed by atoms with Crippen molar-refractivity contribution in [2.75, 3.05) is 19.6 Å². The van der Waals surface area contributed by atoms with Gasteiger partial charge in [-0.05, 0) is 56.0 Å². The minimum Gasteiger partial charge on any atom is -0.388 e. The van der Waals surface area contributed by atoms with Crippen LogP contribution in [-0.4, -0.2) is 34.8 Å². The first-order valence-corrected chi connectivity index (χ1v) is 8.40. The van der Waals surface area contributed by atoms with E-state index >= 15 is 0 Å². The number of benzene rings is 1. The van der Waals surface area contributed by atoms with Gasteiger partial charge in [-0.1, -0.05) is 23.4 Å². The van der Waals surface area contributed by atoms with E-state index in [0.29, 0.717) is 6.42 Å². The largest absolute Gasteiger partial charge is 0.388 e. The summed E-state index contributed by atoms with van der Waals surface area (Å²) < 4.78 is 18.2. The monoisotopic (exact) mass is 330 g/mol. The van der Waals surface area contributed by atoms with Gasteiger partial charge in [-0.3, -0.25) is 4.90 Å². The molecule has 0 radical (unpaired) electrons. The average Bonchev–Trinajstić information content (AvgIpc) is 3.02. The van der Waals surface area contributed by atoms with Gasteiger partial charge in [-0.2, -0.15) is 0 Å². The van der Waals surface area contributed by atoms with Crippen LogP contribution in [0.15, 0.2) is 40.9 Å². The third kappa shape index (κ3) is 4.30. The number of rotatable bonds is 6. The third-order valence-corrected chi connectivity index (χ3v) is 4.44. The fourth-order valence-corrected chi connectivity index (χ4v) is 3.01. The molecule has 5 heteroatoms. The highest BCUT2D eigenvalue weighted by molar-refractivity contribution is 5.62. The van der Waals surface area contributed by atoms with Crippen LogP contribution in [0.2, 0.25) is 0 Å². The molecule has 0 spiro atoms. The molecule has 0 bridgehead atoms. The number of aromatic nitrogens is 1. The minimum atomic E-state index is -0.529. The lowest BCUT2D eigenvalue weighted by Crippen LogP contribution is -2.29. The fraction of sp³-hybridized carbons (Fsp3) is 0.421. The maximum Gasteiger partial charge on any atom is 0.162 e. The molecule has 1 aromatic heterocycles. The molecule has 0 saturated carbocycles. The van der Waals surface area contributed by atoms with Gasteiger partial charge in [0, 0.05) is 19.2 Å². The van der Waals surface area contributed by atoms with Crippen LogP contribution < -0.4 is 0 Å². The van der Waals surface area contributed by atoms with Crippen molar-refractivity contribution in [2.45, 2.75) is 32.3 Å². The van der Waals surface area contributed by atoms with Crippen molar-refractivity contribution < 1.29 is 14.0 Å². The Labute approximate surface area is 141 Å². The van der Waals surface area contributed by atoms with E-state index in [9.17, 15) is 9.50 Å². The van der Waals surface area contributed by atoms with Crippen molar-refractivity contribution in [3.8, 4) is 0 Å². The molecule has 1 unspecified atom stereocenters. The van der Waals surface area contributed by atoms with Crippen molar-refractivity contribution in [1.82, 2.24) is 10.1 Å². The van der Waals surface area contributed by atoms with Crippen LogP contribution in [0.3, 0.4) is 0 Å². The van der Waals surface area contributed by atoms with Gasteiger partial charge < -0.3 is 9.63 Å². The molecule has 0 fully saturated rings. The molecule has 0 aliphatic carbocycles. The van der Waals surface area contributed by atoms with Crippen molar-refractivity contribution >= 4 is 5.57 Å². The quantitative estimate of drug-likeness (QED) is 0.877. The van der Waals surface area contributed by atoms with Crippen molar-refractivity contribution in [3.05, 3.63) is 59.2 Å². The number of aryl methyl sites for hydroxylation is 1. The molecule has 24 heavy (non-hydrogen) atoms. The van der Waals surface area contributed by atoms with Crippen LogP contribution >= 0.6 is 0 Å². The van der Waals surface area contributed by atoms with Gasteiger partial charge in [0.1, 0.15) is 5.82 Å². The molecule has 128 valence electrons. The van der Waals surface area contributed by atoms with E-state index in [2.05, 4.69) is 16.1 Å². The van der Waals surface area contributed by atoms with Crippen molar-refractivity contribution in [2.24, 2.45) is 0 Å². The zero-order chi connectivity index (χ0) is 16.9.